The number of fused-ring (bicyclic) bond motifs is 1. The molecule has 0 amide bonds. The van der Waals surface area contributed by atoms with E-state index in [0.29, 0.717) is 6.54 Å². The normalized spacial score (nSPS) is 12.9. The van der Waals surface area contributed by atoms with Crippen LogP contribution >= 0.6 is 0 Å². The van der Waals surface area contributed by atoms with Crippen molar-refractivity contribution < 1.29 is 5.11 Å². The van der Waals surface area contributed by atoms with Gasteiger partial charge in [-0.2, -0.15) is 0 Å². The summed E-state index contributed by atoms with van der Waals surface area (Å²) >= 11 is 0. The first-order valence-electron chi connectivity index (χ1n) is 4.83. The van der Waals surface area contributed by atoms with Gasteiger partial charge in [-0.3, -0.25) is 9.97 Å². The second-order valence-electron chi connectivity index (χ2n) is 3.41. The first kappa shape index (κ1) is 10.0. The minimum absolute atomic E-state index is 0.521. The van der Waals surface area contributed by atoms with Crippen LogP contribution in [-0.2, 0) is 0 Å². The fraction of sp³-hybridized carbons (Fsp3) is 0.273. The molecule has 2 rings (SSSR count). The third-order valence-corrected chi connectivity index (χ3v) is 2.28. The maximum Gasteiger partial charge on any atom is 0.0929 e. The molecule has 0 spiro atoms. The molecule has 0 radical (unpaired) electrons. The molecule has 1 unspecified atom stereocenters. The summed E-state index contributed by atoms with van der Waals surface area (Å²) in [4.78, 5) is 8.28. The highest BCUT2D eigenvalue weighted by Crippen LogP contribution is 2.16. The van der Waals surface area contributed by atoms with Crippen LogP contribution in [-0.4, -0.2) is 28.7 Å². The summed E-state index contributed by atoms with van der Waals surface area (Å²) in [5.74, 6) is 0. The Morgan fingerprint density at radius 2 is 2.33 bits per heavy atom. The largest absolute Gasteiger partial charge is 0.387 e. The average molecular weight is 203 g/mol. The topological polar surface area (TPSA) is 58.0 Å². The zero-order valence-corrected chi connectivity index (χ0v) is 8.51. The summed E-state index contributed by atoms with van der Waals surface area (Å²) in [7, 11) is 1.80. The minimum Gasteiger partial charge on any atom is -0.387 e. The Kier molecular flexibility index (Phi) is 2.89. The summed E-state index contributed by atoms with van der Waals surface area (Å²) in [6, 6.07) is 3.76. The van der Waals surface area contributed by atoms with Crippen molar-refractivity contribution >= 4 is 10.9 Å². The smallest absolute Gasteiger partial charge is 0.0929 e. The third-order valence-electron chi connectivity index (χ3n) is 2.28. The molecule has 2 heterocycles. The van der Waals surface area contributed by atoms with E-state index in [-0.39, 0.29) is 0 Å². The van der Waals surface area contributed by atoms with Gasteiger partial charge in [-0.15, -0.1) is 0 Å². The zero-order valence-electron chi connectivity index (χ0n) is 8.51. The number of aliphatic hydroxyl groups excluding tert-OH is 1. The van der Waals surface area contributed by atoms with Gasteiger partial charge in [0, 0.05) is 36.1 Å². The van der Waals surface area contributed by atoms with Crippen molar-refractivity contribution in [2.75, 3.05) is 13.6 Å². The van der Waals surface area contributed by atoms with Gasteiger partial charge >= 0.3 is 0 Å². The summed E-state index contributed by atoms with van der Waals surface area (Å²) in [6.45, 7) is 0.521. The number of rotatable bonds is 3. The van der Waals surface area contributed by atoms with Crippen molar-refractivity contribution in [1.82, 2.24) is 15.3 Å². The molecule has 0 fully saturated rings. The van der Waals surface area contributed by atoms with Gasteiger partial charge in [0.05, 0.1) is 11.6 Å². The number of hydrogen-bond donors (Lipinski definition) is 2. The van der Waals surface area contributed by atoms with E-state index >= 15 is 0 Å². The molecule has 4 heteroatoms. The summed E-state index contributed by atoms with van der Waals surface area (Å²) in [5, 5.41) is 13.6. The van der Waals surface area contributed by atoms with Crippen molar-refractivity contribution in [3.05, 3.63) is 36.3 Å². The van der Waals surface area contributed by atoms with Crippen LogP contribution in [0.2, 0.25) is 0 Å². The van der Waals surface area contributed by atoms with Crippen molar-refractivity contribution in [2.45, 2.75) is 6.10 Å². The second-order valence-corrected chi connectivity index (χ2v) is 3.41. The minimum atomic E-state index is -0.521. The highest BCUT2D eigenvalue weighted by Gasteiger charge is 2.07. The molecule has 0 aliphatic heterocycles. The molecule has 0 bridgehead atoms. The number of pyridine rings is 2. The molecular weight excluding hydrogens is 190 g/mol. The fourth-order valence-corrected chi connectivity index (χ4v) is 1.48. The Balaban J connectivity index is 2.38. The molecule has 2 aromatic heterocycles. The molecule has 0 aromatic carbocycles. The highest BCUT2D eigenvalue weighted by atomic mass is 16.3. The van der Waals surface area contributed by atoms with Crippen molar-refractivity contribution in [3.63, 3.8) is 0 Å². The lowest BCUT2D eigenvalue weighted by atomic mass is 10.1. The number of likely N-dealkylation sites (N-methyl/N-ethyl adjacent to an activating group) is 1. The first-order valence-corrected chi connectivity index (χ1v) is 4.83. The lowest BCUT2D eigenvalue weighted by molar-refractivity contribution is 0.177. The Morgan fingerprint density at radius 1 is 1.47 bits per heavy atom. The summed E-state index contributed by atoms with van der Waals surface area (Å²) in [5.41, 5.74) is 1.70. The molecule has 0 saturated heterocycles. The maximum atomic E-state index is 9.76. The van der Waals surface area contributed by atoms with E-state index < -0.39 is 6.10 Å². The number of nitrogens with zero attached hydrogens (tertiary/aromatic N) is 2. The Bertz CT molecular complexity index is 458. The molecule has 0 aliphatic carbocycles. The SMILES string of the molecule is CNCC(O)c1cnc2ccncc2c1. The van der Waals surface area contributed by atoms with Crippen molar-refractivity contribution in [2.24, 2.45) is 0 Å². The van der Waals surface area contributed by atoms with Gasteiger partial charge < -0.3 is 10.4 Å². The maximum absolute atomic E-state index is 9.76. The molecule has 1 atom stereocenters. The quantitative estimate of drug-likeness (QED) is 0.777. The van der Waals surface area contributed by atoms with E-state index in [4.69, 9.17) is 0 Å². The van der Waals surface area contributed by atoms with E-state index in [1.54, 1.807) is 25.6 Å². The van der Waals surface area contributed by atoms with Gasteiger partial charge in [0.2, 0.25) is 0 Å². The Morgan fingerprint density at radius 3 is 3.13 bits per heavy atom. The van der Waals surface area contributed by atoms with E-state index in [1.165, 1.54) is 0 Å². The fourth-order valence-electron chi connectivity index (χ4n) is 1.48. The Labute approximate surface area is 88.0 Å². The van der Waals surface area contributed by atoms with Crippen LogP contribution in [0.15, 0.2) is 30.7 Å². The van der Waals surface area contributed by atoms with Gasteiger partial charge in [0.15, 0.2) is 0 Å². The van der Waals surface area contributed by atoms with Crippen molar-refractivity contribution in [1.29, 1.82) is 0 Å². The van der Waals surface area contributed by atoms with Crippen LogP contribution in [0.1, 0.15) is 11.7 Å². The van der Waals surface area contributed by atoms with Crippen LogP contribution in [0.3, 0.4) is 0 Å². The molecule has 0 saturated carbocycles. The monoisotopic (exact) mass is 203 g/mol. The molecule has 0 aliphatic rings. The highest BCUT2D eigenvalue weighted by molar-refractivity contribution is 5.77. The predicted octanol–water partition coefficient (Wildman–Crippen LogP) is 0.883. The Hall–Kier alpha value is -1.52. The lowest BCUT2D eigenvalue weighted by Gasteiger charge is -2.10. The zero-order chi connectivity index (χ0) is 10.7. The van der Waals surface area contributed by atoms with E-state index in [2.05, 4.69) is 15.3 Å². The van der Waals surface area contributed by atoms with Gasteiger partial charge in [-0.1, -0.05) is 0 Å². The lowest BCUT2D eigenvalue weighted by Crippen LogP contribution is -2.16. The average Bonchev–Trinajstić information content (AvgIpc) is 2.29. The number of aliphatic hydroxyl groups is 1. The molecule has 15 heavy (non-hydrogen) atoms. The van der Waals surface area contributed by atoms with Gasteiger partial charge in [-0.05, 0) is 19.2 Å². The second kappa shape index (κ2) is 4.33. The number of nitrogens with one attached hydrogen (secondary N) is 1. The third kappa shape index (κ3) is 2.11. The molecule has 4 nitrogen and oxygen atoms in total. The number of aromatic nitrogens is 2. The first-order chi connectivity index (χ1) is 7.31. The summed E-state index contributed by atoms with van der Waals surface area (Å²) < 4.78 is 0. The molecule has 2 N–H and O–H groups in total. The van der Waals surface area contributed by atoms with E-state index in [9.17, 15) is 5.11 Å². The van der Waals surface area contributed by atoms with Gasteiger partial charge in [-0.25, -0.2) is 0 Å². The van der Waals surface area contributed by atoms with E-state index in [0.717, 1.165) is 16.5 Å². The number of hydrogen-bond acceptors (Lipinski definition) is 4. The van der Waals surface area contributed by atoms with Gasteiger partial charge in [0.25, 0.3) is 0 Å². The van der Waals surface area contributed by atoms with Crippen LogP contribution in [0.4, 0.5) is 0 Å². The van der Waals surface area contributed by atoms with Crippen LogP contribution < -0.4 is 5.32 Å². The molecular formula is C11H13N3O. The molecule has 2 aromatic rings. The van der Waals surface area contributed by atoms with E-state index in [1.807, 2.05) is 12.1 Å². The predicted molar refractivity (Wildman–Crippen MR) is 58.4 cm³/mol. The van der Waals surface area contributed by atoms with Crippen molar-refractivity contribution in [3.8, 4) is 0 Å². The van der Waals surface area contributed by atoms with Crippen LogP contribution in [0.5, 0.6) is 0 Å². The molecule has 78 valence electrons. The van der Waals surface area contributed by atoms with Crippen LogP contribution in [0, 0.1) is 0 Å². The van der Waals surface area contributed by atoms with Gasteiger partial charge in [0.1, 0.15) is 0 Å². The standard InChI is InChI=1S/C11H13N3O/c1-12-7-11(15)9-4-8-5-13-3-2-10(8)14-6-9/h2-6,11-12,15H,7H2,1H3. The van der Waals surface area contributed by atoms with Crippen LogP contribution in [0.25, 0.3) is 10.9 Å². The summed E-state index contributed by atoms with van der Waals surface area (Å²) in [6.07, 6.45) is 4.63.